The van der Waals surface area contributed by atoms with Gasteiger partial charge in [-0.3, -0.25) is 0 Å². The molecule has 0 spiro atoms. The molecule has 0 aliphatic heterocycles. The zero-order valence-corrected chi connectivity index (χ0v) is 9.25. The number of ether oxygens (including phenoxy) is 1. The molecule has 0 fully saturated rings. The zero-order valence-electron chi connectivity index (χ0n) is 9.25. The molecule has 1 heterocycles. The summed E-state index contributed by atoms with van der Waals surface area (Å²) in [6.07, 6.45) is 0.0795. The van der Waals surface area contributed by atoms with Crippen molar-refractivity contribution in [3.05, 3.63) is 23.9 Å². The molecule has 5 heteroatoms. The van der Waals surface area contributed by atoms with Gasteiger partial charge in [-0.05, 0) is 19.0 Å². The third kappa shape index (κ3) is 4.53. The Labute approximate surface area is 93.8 Å². The van der Waals surface area contributed by atoms with Gasteiger partial charge in [-0.25, -0.2) is 13.8 Å². The number of hydrogen-bond acceptors (Lipinski definition) is 3. The predicted molar refractivity (Wildman–Crippen MR) is 57.7 cm³/mol. The second kappa shape index (κ2) is 7.11. The smallest absolute Gasteiger partial charge is 0.272 e. The highest BCUT2D eigenvalue weighted by Gasteiger charge is 2.08. The second-order valence-electron chi connectivity index (χ2n) is 3.35. The van der Waals surface area contributed by atoms with Gasteiger partial charge < -0.3 is 10.1 Å². The highest BCUT2D eigenvalue weighted by molar-refractivity contribution is 5.25. The van der Waals surface area contributed by atoms with Crippen molar-refractivity contribution < 1.29 is 13.5 Å². The summed E-state index contributed by atoms with van der Waals surface area (Å²) in [6, 6.07) is 3.58. The lowest BCUT2D eigenvalue weighted by molar-refractivity contribution is 0.0790. The van der Waals surface area contributed by atoms with Crippen LogP contribution in [0.1, 0.15) is 18.9 Å². The maximum Gasteiger partial charge on any atom is 0.272 e. The molecule has 0 unspecified atom stereocenters. The number of alkyl halides is 2. The molecule has 1 aromatic heterocycles. The maximum absolute atomic E-state index is 12.0. The van der Waals surface area contributed by atoms with Gasteiger partial charge in [-0.2, -0.15) is 0 Å². The van der Waals surface area contributed by atoms with Crippen molar-refractivity contribution in [2.75, 3.05) is 13.2 Å². The average molecular weight is 230 g/mol. The average Bonchev–Trinajstić information content (AvgIpc) is 2.28. The van der Waals surface area contributed by atoms with E-state index in [2.05, 4.69) is 17.2 Å². The fraction of sp³-hybridized carbons (Fsp3) is 0.545. The van der Waals surface area contributed by atoms with E-state index in [4.69, 9.17) is 4.74 Å². The van der Waals surface area contributed by atoms with Crippen LogP contribution in [0.2, 0.25) is 0 Å². The molecule has 0 atom stereocenters. The Bertz CT molecular complexity index is 308. The third-order valence-electron chi connectivity index (χ3n) is 1.94. The van der Waals surface area contributed by atoms with Gasteiger partial charge in [0.25, 0.3) is 6.43 Å². The van der Waals surface area contributed by atoms with Crippen molar-refractivity contribution in [2.45, 2.75) is 26.3 Å². The summed E-state index contributed by atoms with van der Waals surface area (Å²) in [6.45, 7) is 2.91. The van der Waals surface area contributed by atoms with Gasteiger partial charge in [0.1, 0.15) is 0 Å². The summed E-state index contributed by atoms with van der Waals surface area (Å²) in [5.41, 5.74) is 0.802. The minimum atomic E-state index is -2.47. The monoisotopic (exact) mass is 230 g/mol. The lowest BCUT2D eigenvalue weighted by Gasteiger charge is -2.10. The normalized spacial score (nSPS) is 10.8. The van der Waals surface area contributed by atoms with Gasteiger partial charge in [-0.15, -0.1) is 0 Å². The molecule has 1 N–H and O–H groups in total. The number of nitrogens with one attached hydrogen (secondary N) is 1. The van der Waals surface area contributed by atoms with Crippen LogP contribution in [0.25, 0.3) is 0 Å². The van der Waals surface area contributed by atoms with E-state index in [1.807, 2.05) is 6.07 Å². The summed E-state index contributed by atoms with van der Waals surface area (Å²) in [7, 11) is 0. The van der Waals surface area contributed by atoms with Crippen LogP contribution >= 0.6 is 0 Å². The fourth-order valence-electron chi connectivity index (χ4n) is 1.23. The number of aromatic nitrogens is 1. The van der Waals surface area contributed by atoms with Crippen LogP contribution in [0.3, 0.4) is 0 Å². The molecule has 0 saturated carbocycles. The molecule has 0 radical (unpaired) electrons. The minimum absolute atomic E-state index is 0.284. The van der Waals surface area contributed by atoms with E-state index in [-0.39, 0.29) is 5.88 Å². The minimum Gasteiger partial charge on any atom is -0.471 e. The first-order valence-corrected chi connectivity index (χ1v) is 5.29. The predicted octanol–water partition coefficient (Wildman–Crippen LogP) is 2.23. The first-order valence-electron chi connectivity index (χ1n) is 5.29. The SMILES string of the molecule is CCCNCc1cccnc1OCC(F)F. The van der Waals surface area contributed by atoms with Crippen LogP contribution in [0.15, 0.2) is 18.3 Å². The van der Waals surface area contributed by atoms with Crippen molar-refractivity contribution in [3.63, 3.8) is 0 Å². The van der Waals surface area contributed by atoms with Crippen LogP contribution in [0.5, 0.6) is 5.88 Å². The van der Waals surface area contributed by atoms with Crippen molar-refractivity contribution in [2.24, 2.45) is 0 Å². The summed E-state index contributed by atoms with van der Waals surface area (Å²) < 4.78 is 28.9. The van der Waals surface area contributed by atoms with Crippen molar-refractivity contribution in [1.29, 1.82) is 0 Å². The molecule has 1 aromatic rings. The molecular weight excluding hydrogens is 214 g/mol. The molecule has 0 aromatic carbocycles. The quantitative estimate of drug-likeness (QED) is 0.729. The fourth-order valence-corrected chi connectivity index (χ4v) is 1.23. The van der Waals surface area contributed by atoms with E-state index in [9.17, 15) is 8.78 Å². The van der Waals surface area contributed by atoms with Gasteiger partial charge in [0.05, 0.1) is 0 Å². The number of nitrogens with zero attached hydrogens (tertiary/aromatic N) is 1. The molecule has 0 aliphatic rings. The van der Waals surface area contributed by atoms with Gasteiger partial charge in [0.15, 0.2) is 6.61 Å². The Kier molecular flexibility index (Phi) is 5.71. The zero-order chi connectivity index (χ0) is 11.8. The van der Waals surface area contributed by atoms with Gasteiger partial charge in [0.2, 0.25) is 5.88 Å². The van der Waals surface area contributed by atoms with Crippen molar-refractivity contribution in [1.82, 2.24) is 10.3 Å². The van der Waals surface area contributed by atoms with E-state index in [1.165, 1.54) is 6.20 Å². The Morgan fingerprint density at radius 3 is 3.00 bits per heavy atom. The topological polar surface area (TPSA) is 34.2 Å². The Morgan fingerprint density at radius 1 is 1.50 bits per heavy atom. The van der Waals surface area contributed by atoms with Gasteiger partial charge in [-0.1, -0.05) is 13.0 Å². The third-order valence-corrected chi connectivity index (χ3v) is 1.94. The van der Waals surface area contributed by atoms with E-state index < -0.39 is 13.0 Å². The first-order chi connectivity index (χ1) is 7.74. The van der Waals surface area contributed by atoms with Crippen LogP contribution < -0.4 is 10.1 Å². The number of halogens is 2. The molecule has 0 bridgehead atoms. The summed E-state index contributed by atoms with van der Waals surface area (Å²) >= 11 is 0. The Morgan fingerprint density at radius 2 is 2.31 bits per heavy atom. The lowest BCUT2D eigenvalue weighted by Crippen LogP contribution is -2.16. The molecular formula is C11H16F2N2O. The van der Waals surface area contributed by atoms with E-state index in [0.717, 1.165) is 18.5 Å². The molecule has 3 nitrogen and oxygen atoms in total. The largest absolute Gasteiger partial charge is 0.471 e. The number of rotatable bonds is 7. The Hall–Kier alpha value is -1.23. The van der Waals surface area contributed by atoms with Crippen molar-refractivity contribution >= 4 is 0 Å². The molecule has 0 saturated heterocycles. The highest BCUT2D eigenvalue weighted by Crippen LogP contribution is 2.14. The summed E-state index contributed by atoms with van der Waals surface area (Å²) in [5, 5.41) is 3.17. The maximum atomic E-state index is 12.0. The number of hydrogen-bond donors (Lipinski definition) is 1. The van der Waals surface area contributed by atoms with Gasteiger partial charge in [0, 0.05) is 18.3 Å². The van der Waals surface area contributed by atoms with E-state index in [0.29, 0.717) is 6.54 Å². The Balaban J connectivity index is 2.53. The first kappa shape index (κ1) is 12.8. The molecule has 90 valence electrons. The van der Waals surface area contributed by atoms with Crippen molar-refractivity contribution in [3.8, 4) is 5.88 Å². The summed E-state index contributed by atoms with van der Waals surface area (Å²) in [4.78, 5) is 3.93. The molecule has 0 amide bonds. The second-order valence-corrected chi connectivity index (χ2v) is 3.35. The van der Waals surface area contributed by atoms with Crippen LogP contribution in [-0.4, -0.2) is 24.6 Å². The van der Waals surface area contributed by atoms with Crippen LogP contribution in [0.4, 0.5) is 8.78 Å². The van der Waals surface area contributed by atoms with Crippen LogP contribution in [0, 0.1) is 0 Å². The number of pyridine rings is 1. The summed E-state index contributed by atoms with van der Waals surface area (Å²) in [5.74, 6) is 0.284. The van der Waals surface area contributed by atoms with Gasteiger partial charge >= 0.3 is 0 Å². The van der Waals surface area contributed by atoms with Crippen LogP contribution in [-0.2, 0) is 6.54 Å². The molecule has 0 aliphatic carbocycles. The standard InChI is InChI=1S/C11H16F2N2O/c1-2-5-14-7-9-4-3-6-15-11(9)16-8-10(12)13/h3-4,6,10,14H,2,5,7-8H2,1H3. The van der Waals surface area contributed by atoms with E-state index in [1.54, 1.807) is 6.07 Å². The molecule has 16 heavy (non-hydrogen) atoms. The van der Waals surface area contributed by atoms with E-state index >= 15 is 0 Å². The molecule has 1 rings (SSSR count). The lowest BCUT2D eigenvalue weighted by atomic mass is 10.2. The highest BCUT2D eigenvalue weighted by atomic mass is 19.3.